The number of rotatable bonds is 3. The van der Waals surface area contributed by atoms with Crippen LogP contribution in [-0.4, -0.2) is 51.9 Å². The van der Waals surface area contributed by atoms with Crippen molar-refractivity contribution in [2.45, 2.75) is 56.5 Å². The van der Waals surface area contributed by atoms with Crippen molar-refractivity contribution in [3.8, 4) is 0 Å². The highest BCUT2D eigenvalue weighted by atomic mass is 16.7. The highest BCUT2D eigenvalue weighted by molar-refractivity contribution is 5.17. The van der Waals surface area contributed by atoms with Gasteiger partial charge in [0, 0.05) is 10.8 Å². The normalized spacial score (nSPS) is 41.6. The zero-order valence-electron chi connectivity index (χ0n) is 12.2. The summed E-state index contributed by atoms with van der Waals surface area (Å²) in [6, 6.07) is 1.88. The van der Waals surface area contributed by atoms with Crippen LogP contribution in [0.1, 0.15) is 25.5 Å². The van der Waals surface area contributed by atoms with E-state index in [1.807, 2.05) is 13.8 Å². The Morgan fingerprint density at radius 3 is 2.45 bits per heavy atom. The van der Waals surface area contributed by atoms with Crippen molar-refractivity contribution < 1.29 is 29.0 Å². The number of hydrogen-bond acceptors (Lipinski definition) is 7. The Hall–Kier alpha value is -1.48. The van der Waals surface area contributed by atoms with E-state index in [1.165, 1.54) is 6.26 Å². The maximum Gasteiger partial charge on any atom is 0.254 e. The van der Waals surface area contributed by atoms with E-state index < -0.39 is 47.6 Å². The van der Waals surface area contributed by atoms with Crippen molar-refractivity contribution in [2.75, 3.05) is 0 Å². The highest BCUT2D eigenvalue weighted by Gasteiger charge is 2.62. The molecular formula is C14H19NO7. The molecule has 1 aromatic rings. The van der Waals surface area contributed by atoms with E-state index in [1.54, 1.807) is 12.1 Å². The maximum absolute atomic E-state index is 11.6. The summed E-state index contributed by atoms with van der Waals surface area (Å²) < 4.78 is 16.5. The zero-order chi connectivity index (χ0) is 16.0. The largest absolute Gasteiger partial charge is 0.469 e. The second kappa shape index (κ2) is 5.62. The molecule has 1 aliphatic heterocycles. The molecule has 3 rings (SSSR count). The molecule has 2 N–H and O–H groups in total. The van der Waals surface area contributed by atoms with Crippen LogP contribution in [0.4, 0.5) is 0 Å². The summed E-state index contributed by atoms with van der Waals surface area (Å²) in [6.45, 7) is 3.71. The minimum atomic E-state index is -1.36. The highest BCUT2D eigenvalue weighted by Crippen LogP contribution is 2.42. The molecule has 8 heteroatoms. The Labute approximate surface area is 126 Å². The molecule has 0 radical (unpaired) electrons. The van der Waals surface area contributed by atoms with Crippen molar-refractivity contribution in [3.63, 3.8) is 0 Å². The molecule has 0 aromatic carbocycles. The fraction of sp³-hybridized carbons (Fsp3) is 0.714. The van der Waals surface area contributed by atoms with E-state index in [4.69, 9.17) is 13.9 Å². The lowest BCUT2D eigenvalue weighted by atomic mass is 9.76. The molecule has 0 amide bonds. The fourth-order valence-electron chi connectivity index (χ4n) is 3.24. The first-order valence-corrected chi connectivity index (χ1v) is 7.25. The fourth-order valence-corrected chi connectivity index (χ4v) is 3.24. The van der Waals surface area contributed by atoms with Gasteiger partial charge in [0.25, 0.3) is 6.04 Å². The number of furan rings is 1. The van der Waals surface area contributed by atoms with Crippen LogP contribution in [0.5, 0.6) is 0 Å². The van der Waals surface area contributed by atoms with Gasteiger partial charge in [-0.2, -0.15) is 0 Å². The summed E-state index contributed by atoms with van der Waals surface area (Å²) in [6.07, 6.45) is -3.77. The number of aliphatic hydroxyl groups is 2. The average Bonchev–Trinajstić information content (AvgIpc) is 3.10. The van der Waals surface area contributed by atoms with Gasteiger partial charge in [0.2, 0.25) is 0 Å². The second-order valence-electron chi connectivity index (χ2n) is 6.11. The molecule has 8 nitrogen and oxygen atoms in total. The summed E-state index contributed by atoms with van der Waals surface area (Å²) in [4.78, 5) is 11.1. The number of nitrogens with zero attached hydrogens (tertiary/aromatic N) is 1. The average molecular weight is 313 g/mol. The van der Waals surface area contributed by atoms with E-state index in [0.717, 1.165) is 0 Å². The van der Waals surface area contributed by atoms with E-state index in [9.17, 15) is 20.3 Å². The van der Waals surface area contributed by atoms with Crippen molar-refractivity contribution >= 4 is 0 Å². The SMILES string of the molecule is CC(C)C1O[C@@H]2[C@H](O)[C@H](O)[C@H](c3ccco3)[C@@H]([N+](=O)[O-])[C@@H]2O1. The minimum absolute atomic E-state index is 0.0237. The van der Waals surface area contributed by atoms with Crippen LogP contribution in [0.2, 0.25) is 0 Å². The molecular weight excluding hydrogens is 294 g/mol. The molecule has 1 aliphatic carbocycles. The van der Waals surface area contributed by atoms with Gasteiger partial charge >= 0.3 is 0 Å². The maximum atomic E-state index is 11.6. The Bertz CT molecular complexity index is 531. The lowest BCUT2D eigenvalue weighted by Gasteiger charge is -2.38. The summed E-state index contributed by atoms with van der Waals surface area (Å²) >= 11 is 0. The van der Waals surface area contributed by atoms with Crippen molar-refractivity contribution in [3.05, 3.63) is 34.3 Å². The van der Waals surface area contributed by atoms with Crippen LogP contribution >= 0.6 is 0 Å². The van der Waals surface area contributed by atoms with Gasteiger partial charge in [0.05, 0.1) is 12.4 Å². The molecule has 0 bridgehead atoms. The van der Waals surface area contributed by atoms with Crippen LogP contribution in [0, 0.1) is 16.0 Å². The van der Waals surface area contributed by atoms with Gasteiger partial charge in [0.15, 0.2) is 12.4 Å². The van der Waals surface area contributed by atoms with Crippen molar-refractivity contribution in [2.24, 2.45) is 5.92 Å². The van der Waals surface area contributed by atoms with Gasteiger partial charge in [-0.3, -0.25) is 10.1 Å². The summed E-state index contributed by atoms with van der Waals surface area (Å²) in [5, 5.41) is 32.2. The van der Waals surface area contributed by atoms with Gasteiger partial charge in [-0.1, -0.05) is 13.8 Å². The van der Waals surface area contributed by atoms with Crippen LogP contribution in [-0.2, 0) is 9.47 Å². The quantitative estimate of drug-likeness (QED) is 0.617. The Morgan fingerprint density at radius 2 is 1.91 bits per heavy atom. The Balaban J connectivity index is 1.98. The van der Waals surface area contributed by atoms with Crippen molar-refractivity contribution in [1.29, 1.82) is 0 Å². The molecule has 1 aromatic heterocycles. The molecule has 122 valence electrons. The topological polar surface area (TPSA) is 115 Å². The molecule has 2 heterocycles. The molecule has 22 heavy (non-hydrogen) atoms. The van der Waals surface area contributed by atoms with Gasteiger partial charge in [-0.25, -0.2) is 0 Å². The number of aliphatic hydroxyl groups excluding tert-OH is 2. The van der Waals surface area contributed by atoms with Crippen LogP contribution < -0.4 is 0 Å². The zero-order valence-corrected chi connectivity index (χ0v) is 12.2. The van der Waals surface area contributed by atoms with Crippen LogP contribution in [0.15, 0.2) is 22.8 Å². The third-order valence-electron chi connectivity index (χ3n) is 4.32. The summed E-state index contributed by atoms with van der Waals surface area (Å²) in [5.74, 6) is -0.761. The third-order valence-corrected chi connectivity index (χ3v) is 4.32. The van der Waals surface area contributed by atoms with Crippen LogP contribution in [0.3, 0.4) is 0 Å². The van der Waals surface area contributed by atoms with E-state index >= 15 is 0 Å². The number of hydrogen-bond donors (Lipinski definition) is 2. The molecule has 1 saturated carbocycles. The smallest absolute Gasteiger partial charge is 0.254 e. The minimum Gasteiger partial charge on any atom is -0.469 e. The first kappa shape index (κ1) is 15.4. The lowest BCUT2D eigenvalue weighted by molar-refractivity contribution is -0.547. The summed E-state index contributed by atoms with van der Waals surface area (Å²) in [7, 11) is 0. The first-order chi connectivity index (χ1) is 10.4. The Kier molecular flexibility index (Phi) is 3.94. The second-order valence-corrected chi connectivity index (χ2v) is 6.11. The molecule has 1 saturated heterocycles. The molecule has 2 fully saturated rings. The monoisotopic (exact) mass is 313 g/mol. The van der Waals surface area contributed by atoms with E-state index in [-0.39, 0.29) is 11.7 Å². The molecule has 7 atom stereocenters. The summed E-state index contributed by atoms with van der Waals surface area (Å²) in [5.41, 5.74) is 0. The van der Waals surface area contributed by atoms with Crippen molar-refractivity contribution in [1.82, 2.24) is 0 Å². The van der Waals surface area contributed by atoms with E-state index in [2.05, 4.69) is 0 Å². The van der Waals surface area contributed by atoms with Gasteiger partial charge in [0.1, 0.15) is 23.9 Å². The van der Waals surface area contributed by atoms with Crippen LogP contribution in [0.25, 0.3) is 0 Å². The molecule has 2 aliphatic rings. The Morgan fingerprint density at radius 1 is 1.23 bits per heavy atom. The van der Waals surface area contributed by atoms with E-state index in [0.29, 0.717) is 0 Å². The van der Waals surface area contributed by atoms with Gasteiger partial charge in [-0.05, 0) is 12.1 Å². The molecule has 0 spiro atoms. The number of ether oxygens (including phenoxy) is 2. The van der Waals surface area contributed by atoms with Gasteiger partial charge in [-0.15, -0.1) is 0 Å². The first-order valence-electron chi connectivity index (χ1n) is 7.25. The predicted molar refractivity (Wildman–Crippen MR) is 72.6 cm³/mol. The van der Waals surface area contributed by atoms with Gasteiger partial charge < -0.3 is 24.1 Å². The third kappa shape index (κ3) is 2.32. The molecule has 1 unspecified atom stereocenters. The number of nitro groups is 1. The predicted octanol–water partition coefficient (Wildman–Crippen LogP) is 0.510. The standard InChI is InChI=1S/C14H19NO7/c1-6(2)14-21-12-9(15(18)19)8(7-4-3-5-20-7)10(16)11(17)13(12)22-14/h3-6,8-14,16-17H,1-2H3/t8-,9-,10-,11-,12+,13-,14?/m1/s1. The number of fused-ring (bicyclic) bond motifs is 1. The lowest BCUT2D eigenvalue weighted by Crippen LogP contribution is -2.60.